The van der Waals surface area contributed by atoms with Gasteiger partial charge in [-0.05, 0) is 50.4 Å². The fourth-order valence-electron chi connectivity index (χ4n) is 2.42. The van der Waals surface area contributed by atoms with Gasteiger partial charge in [0.05, 0.1) is 0 Å². The molecule has 1 N–H and O–H groups in total. The van der Waals surface area contributed by atoms with Crippen LogP contribution in [0.5, 0.6) is 0 Å². The number of benzene rings is 1. The number of rotatable bonds is 2. The Morgan fingerprint density at radius 2 is 2.06 bits per heavy atom. The normalized spacial score (nSPS) is 26.4. The second kappa shape index (κ2) is 4.96. The molecule has 1 fully saturated rings. The Labute approximate surface area is 97.1 Å². The fourth-order valence-corrected chi connectivity index (χ4v) is 2.42. The molecule has 2 heteroatoms. The van der Waals surface area contributed by atoms with E-state index in [1.165, 1.54) is 5.56 Å². The molecule has 0 aliphatic carbocycles. The zero-order valence-corrected chi connectivity index (χ0v) is 9.93. The molecule has 1 saturated heterocycles. The van der Waals surface area contributed by atoms with Crippen molar-refractivity contribution in [2.75, 3.05) is 13.1 Å². The van der Waals surface area contributed by atoms with Crippen molar-refractivity contribution in [3.8, 4) is 0 Å². The van der Waals surface area contributed by atoms with Crippen LogP contribution in [0.4, 0.5) is 4.39 Å². The number of aryl methyl sites for hydroxylation is 1. The van der Waals surface area contributed by atoms with Crippen LogP contribution in [-0.2, 0) is 6.42 Å². The highest BCUT2D eigenvalue weighted by atomic mass is 19.1. The zero-order valence-electron chi connectivity index (χ0n) is 9.93. The summed E-state index contributed by atoms with van der Waals surface area (Å²) in [5, 5.41) is 3.26. The van der Waals surface area contributed by atoms with E-state index in [9.17, 15) is 4.39 Å². The van der Waals surface area contributed by atoms with E-state index in [1.807, 2.05) is 12.1 Å². The molecular weight excluding hydrogens is 201 g/mol. The van der Waals surface area contributed by atoms with Crippen LogP contribution in [0.1, 0.15) is 30.4 Å². The van der Waals surface area contributed by atoms with Crippen molar-refractivity contribution in [3.63, 3.8) is 0 Å². The summed E-state index contributed by atoms with van der Waals surface area (Å²) >= 11 is 0. The minimum absolute atomic E-state index is 0.571. The molecule has 0 amide bonds. The van der Waals surface area contributed by atoms with Crippen LogP contribution in [0.2, 0.25) is 0 Å². The van der Waals surface area contributed by atoms with Gasteiger partial charge in [0.15, 0.2) is 0 Å². The third-order valence-electron chi connectivity index (χ3n) is 3.50. The largest absolute Gasteiger partial charge is 0.317 e. The van der Waals surface area contributed by atoms with Gasteiger partial charge >= 0.3 is 0 Å². The first-order valence-corrected chi connectivity index (χ1v) is 6.14. The molecule has 1 aromatic rings. The van der Waals surface area contributed by atoms with Crippen LogP contribution < -0.4 is 5.32 Å². The number of alkyl halides is 1. The predicted molar refractivity (Wildman–Crippen MR) is 65.4 cm³/mol. The van der Waals surface area contributed by atoms with Crippen LogP contribution >= 0.6 is 0 Å². The summed E-state index contributed by atoms with van der Waals surface area (Å²) in [5.74, 6) is 0. The van der Waals surface area contributed by atoms with Crippen molar-refractivity contribution in [2.45, 2.75) is 38.3 Å². The molecule has 1 atom stereocenters. The van der Waals surface area contributed by atoms with Gasteiger partial charge < -0.3 is 5.32 Å². The smallest absolute Gasteiger partial charge is 0.116 e. The van der Waals surface area contributed by atoms with E-state index in [-0.39, 0.29) is 0 Å². The van der Waals surface area contributed by atoms with Crippen molar-refractivity contribution in [3.05, 3.63) is 35.4 Å². The Balaban J connectivity index is 2.10. The van der Waals surface area contributed by atoms with Crippen molar-refractivity contribution in [1.29, 1.82) is 0 Å². The van der Waals surface area contributed by atoms with Gasteiger partial charge in [-0.15, -0.1) is 0 Å². The van der Waals surface area contributed by atoms with E-state index in [0.29, 0.717) is 19.3 Å². The SMILES string of the molecule is Cc1ccccc1CC1(F)CCCNCC1. The van der Waals surface area contributed by atoms with Crippen LogP contribution in [0.25, 0.3) is 0 Å². The third kappa shape index (κ3) is 2.82. The molecule has 0 saturated carbocycles. The summed E-state index contributed by atoms with van der Waals surface area (Å²) in [4.78, 5) is 0. The molecule has 1 aliphatic heterocycles. The molecular formula is C14H20FN. The van der Waals surface area contributed by atoms with Crippen molar-refractivity contribution in [2.24, 2.45) is 0 Å². The van der Waals surface area contributed by atoms with E-state index >= 15 is 0 Å². The number of nitrogens with one attached hydrogen (secondary N) is 1. The Morgan fingerprint density at radius 3 is 2.88 bits per heavy atom. The standard InChI is InChI=1S/C14H20FN/c1-12-5-2-3-6-13(12)11-14(15)7-4-9-16-10-8-14/h2-3,5-6,16H,4,7-11H2,1H3. The maximum absolute atomic E-state index is 14.7. The summed E-state index contributed by atoms with van der Waals surface area (Å²) in [7, 11) is 0. The average molecular weight is 221 g/mol. The molecule has 0 aromatic heterocycles. The molecule has 1 unspecified atom stereocenters. The molecule has 1 heterocycles. The molecule has 0 spiro atoms. The van der Waals surface area contributed by atoms with E-state index in [4.69, 9.17) is 0 Å². The van der Waals surface area contributed by atoms with E-state index in [1.54, 1.807) is 0 Å². The molecule has 2 rings (SSSR count). The predicted octanol–water partition coefficient (Wildman–Crippen LogP) is 3.02. The average Bonchev–Trinajstić information content (AvgIpc) is 2.47. The van der Waals surface area contributed by atoms with Crippen LogP contribution in [0.15, 0.2) is 24.3 Å². The van der Waals surface area contributed by atoms with Gasteiger partial charge in [0.1, 0.15) is 5.67 Å². The van der Waals surface area contributed by atoms with Crippen LogP contribution in [0, 0.1) is 6.92 Å². The van der Waals surface area contributed by atoms with Crippen molar-refractivity contribution in [1.82, 2.24) is 5.32 Å². The molecule has 0 radical (unpaired) electrons. The summed E-state index contributed by atoms with van der Waals surface area (Å²) in [6, 6.07) is 8.13. The Kier molecular flexibility index (Phi) is 3.59. The highest BCUT2D eigenvalue weighted by molar-refractivity contribution is 5.27. The lowest BCUT2D eigenvalue weighted by Crippen LogP contribution is -2.27. The summed E-state index contributed by atoms with van der Waals surface area (Å²) in [5.41, 5.74) is 1.36. The number of halogens is 1. The maximum atomic E-state index is 14.7. The van der Waals surface area contributed by atoms with E-state index in [2.05, 4.69) is 24.4 Å². The third-order valence-corrected chi connectivity index (χ3v) is 3.50. The minimum Gasteiger partial charge on any atom is -0.317 e. The first kappa shape index (κ1) is 11.6. The molecule has 1 aromatic carbocycles. The molecule has 16 heavy (non-hydrogen) atoms. The van der Waals surface area contributed by atoms with E-state index < -0.39 is 5.67 Å². The first-order chi connectivity index (χ1) is 7.70. The minimum atomic E-state index is -1.00. The fraction of sp³-hybridized carbons (Fsp3) is 0.571. The van der Waals surface area contributed by atoms with Crippen LogP contribution in [-0.4, -0.2) is 18.8 Å². The van der Waals surface area contributed by atoms with Gasteiger partial charge in [0.25, 0.3) is 0 Å². The molecule has 88 valence electrons. The first-order valence-electron chi connectivity index (χ1n) is 6.14. The molecule has 1 aliphatic rings. The lowest BCUT2D eigenvalue weighted by atomic mass is 9.88. The zero-order chi connectivity index (χ0) is 11.4. The Morgan fingerprint density at radius 1 is 1.25 bits per heavy atom. The second-order valence-electron chi connectivity index (χ2n) is 4.86. The van der Waals surface area contributed by atoms with Gasteiger partial charge in [-0.1, -0.05) is 24.3 Å². The van der Waals surface area contributed by atoms with Gasteiger partial charge in [-0.3, -0.25) is 0 Å². The number of hydrogen-bond acceptors (Lipinski definition) is 1. The Hall–Kier alpha value is -0.890. The summed E-state index contributed by atoms with van der Waals surface area (Å²) < 4.78 is 14.7. The number of hydrogen-bond donors (Lipinski definition) is 1. The van der Waals surface area contributed by atoms with Gasteiger partial charge in [0.2, 0.25) is 0 Å². The highest BCUT2D eigenvalue weighted by Crippen LogP contribution is 2.29. The monoisotopic (exact) mass is 221 g/mol. The van der Waals surface area contributed by atoms with Crippen molar-refractivity contribution < 1.29 is 4.39 Å². The summed E-state index contributed by atoms with van der Waals surface area (Å²) in [6.45, 7) is 3.83. The Bertz CT molecular complexity index is 340. The van der Waals surface area contributed by atoms with Gasteiger partial charge in [-0.2, -0.15) is 0 Å². The van der Waals surface area contributed by atoms with E-state index in [0.717, 1.165) is 25.1 Å². The van der Waals surface area contributed by atoms with Gasteiger partial charge in [-0.25, -0.2) is 4.39 Å². The highest BCUT2D eigenvalue weighted by Gasteiger charge is 2.30. The lowest BCUT2D eigenvalue weighted by molar-refractivity contribution is 0.144. The quantitative estimate of drug-likeness (QED) is 0.809. The lowest BCUT2D eigenvalue weighted by Gasteiger charge is -2.24. The van der Waals surface area contributed by atoms with Crippen LogP contribution in [0.3, 0.4) is 0 Å². The van der Waals surface area contributed by atoms with Crippen molar-refractivity contribution >= 4 is 0 Å². The molecule has 1 nitrogen and oxygen atoms in total. The molecule has 0 bridgehead atoms. The maximum Gasteiger partial charge on any atom is 0.116 e. The van der Waals surface area contributed by atoms with Gasteiger partial charge in [0, 0.05) is 6.42 Å². The second-order valence-corrected chi connectivity index (χ2v) is 4.86. The summed E-state index contributed by atoms with van der Waals surface area (Å²) in [6.07, 6.45) is 2.85. The topological polar surface area (TPSA) is 12.0 Å².